The standard InChI is InChI=1S/C28H32FN7O2/c1-4-18(17-35-9-11-36(12-10-35)27(37)19-5-6-19)13-25(30-2)34-28-32-23-8-7-20(14-24(23)33-28)21-15-26(38-3)31-16-22(21)29/h4,7-8,13-16,19H,2,5-6,9-12,17H2,1,3H3,(H2,32,33,34)/b18-4+,25-13+. The molecule has 1 aromatic carbocycles. The Bertz CT molecular complexity index is 1400. The van der Waals surface area contributed by atoms with E-state index in [-0.39, 0.29) is 5.92 Å². The summed E-state index contributed by atoms with van der Waals surface area (Å²) in [5.74, 6) is 1.57. The van der Waals surface area contributed by atoms with Gasteiger partial charge in [-0.2, -0.15) is 0 Å². The fourth-order valence-corrected chi connectivity index (χ4v) is 4.60. The molecule has 1 aliphatic heterocycles. The van der Waals surface area contributed by atoms with Gasteiger partial charge in [-0.15, -0.1) is 0 Å². The largest absolute Gasteiger partial charge is 0.481 e. The zero-order chi connectivity index (χ0) is 26.6. The van der Waals surface area contributed by atoms with E-state index in [1.165, 1.54) is 7.11 Å². The number of H-pyrrole nitrogens is 1. The number of amides is 1. The van der Waals surface area contributed by atoms with Gasteiger partial charge in [-0.05, 0) is 55.8 Å². The van der Waals surface area contributed by atoms with Crippen molar-refractivity contribution < 1.29 is 13.9 Å². The van der Waals surface area contributed by atoms with Crippen LogP contribution >= 0.6 is 0 Å². The number of carbonyl (C=O) groups excluding carboxylic acids is 1. The molecule has 0 radical (unpaired) electrons. The summed E-state index contributed by atoms with van der Waals surface area (Å²) in [6.45, 7) is 9.72. The molecule has 38 heavy (non-hydrogen) atoms. The molecular weight excluding hydrogens is 485 g/mol. The highest BCUT2D eigenvalue weighted by Crippen LogP contribution is 2.31. The molecule has 1 aliphatic carbocycles. The van der Waals surface area contributed by atoms with Gasteiger partial charge in [-0.3, -0.25) is 9.69 Å². The van der Waals surface area contributed by atoms with E-state index >= 15 is 0 Å². The zero-order valence-electron chi connectivity index (χ0n) is 21.7. The molecule has 0 bridgehead atoms. The molecule has 2 fully saturated rings. The van der Waals surface area contributed by atoms with Crippen LogP contribution in [0.15, 0.2) is 59.0 Å². The number of carbonyl (C=O) groups is 1. The van der Waals surface area contributed by atoms with Crippen molar-refractivity contribution in [1.82, 2.24) is 24.8 Å². The number of benzene rings is 1. The van der Waals surface area contributed by atoms with Crippen LogP contribution in [0.5, 0.6) is 5.88 Å². The third kappa shape index (κ3) is 5.75. The normalized spacial score (nSPS) is 17.1. The summed E-state index contributed by atoms with van der Waals surface area (Å²) in [6.07, 6.45) is 7.24. The Kier molecular flexibility index (Phi) is 7.50. The van der Waals surface area contributed by atoms with Crippen LogP contribution < -0.4 is 10.1 Å². The lowest BCUT2D eigenvalue weighted by Gasteiger charge is -2.35. The monoisotopic (exact) mass is 517 g/mol. The molecule has 1 amide bonds. The van der Waals surface area contributed by atoms with Crippen molar-refractivity contribution in [2.75, 3.05) is 45.2 Å². The smallest absolute Gasteiger partial charge is 0.225 e. The van der Waals surface area contributed by atoms with Gasteiger partial charge in [0.25, 0.3) is 0 Å². The van der Waals surface area contributed by atoms with E-state index in [0.717, 1.165) is 68.4 Å². The molecule has 1 saturated carbocycles. The molecule has 0 unspecified atom stereocenters. The van der Waals surface area contributed by atoms with Crippen molar-refractivity contribution >= 4 is 29.6 Å². The van der Waals surface area contributed by atoms with E-state index in [1.54, 1.807) is 6.07 Å². The Morgan fingerprint density at radius 3 is 2.76 bits per heavy atom. The number of aromatic amines is 1. The Morgan fingerprint density at radius 2 is 2.08 bits per heavy atom. The molecule has 5 rings (SSSR count). The number of nitrogens with one attached hydrogen (secondary N) is 2. The van der Waals surface area contributed by atoms with Crippen molar-refractivity contribution in [2.45, 2.75) is 19.8 Å². The van der Waals surface area contributed by atoms with Gasteiger partial charge in [-0.25, -0.2) is 19.4 Å². The lowest BCUT2D eigenvalue weighted by molar-refractivity contribution is -0.134. The highest BCUT2D eigenvalue weighted by molar-refractivity contribution is 5.84. The first kappa shape index (κ1) is 25.6. The molecule has 2 N–H and O–H groups in total. The number of halogens is 1. The minimum Gasteiger partial charge on any atom is -0.481 e. The van der Waals surface area contributed by atoms with Crippen LogP contribution in [0.1, 0.15) is 19.8 Å². The zero-order valence-corrected chi connectivity index (χ0v) is 21.7. The molecule has 198 valence electrons. The van der Waals surface area contributed by atoms with Gasteiger partial charge < -0.3 is 19.9 Å². The molecule has 3 heterocycles. The first-order valence-corrected chi connectivity index (χ1v) is 12.8. The van der Waals surface area contributed by atoms with Gasteiger partial charge in [0.1, 0.15) is 11.6 Å². The summed E-state index contributed by atoms with van der Waals surface area (Å²) in [4.78, 5) is 32.6. The average Bonchev–Trinajstić information content (AvgIpc) is 3.72. The van der Waals surface area contributed by atoms with Gasteiger partial charge in [-0.1, -0.05) is 12.1 Å². The van der Waals surface area contributed by atoms with Crippen LogP contribution in [0.2, 0.25) is 0 Å². The number of aromatic nitrogens is 3. The number of anilines is 1. The van der Waals surface area contributed by atoms with E-state index in [2.05, 4.69) is 43.0 Å². The maximum Gasteiger partial charge on any atom is 0.225 e. The summed E-state index contributed by atoms with van der Waals surface area (Å²) in [7, 11) is 1.50. The van der Waals surface area contributed by atoms with E-state index in [1.807, 2.05) is 36.1 Å². The number of ether oxygens (including phenoxy) is 1. The number of hydrogen-bond donors (Lipinski definition) is 2. The minimum atomic E-state index is -0.432. The van der Waals surface area contributed by atoms with E-state index in [4.69, 9.17) is 4.74 Å². The SMILES string of the molecule is C=N/C(=C\C(=C/C)CN1CCN(C(=O)C2CC2)CC1)Nc1nc2ccc(-c3cc(OC)ncc3F)cc2[nH]1. The molecule has 1 saturated heterocycles. The second-order valence-corrected chi connectivity index (χ2v) is 9.58. The number of methoxy groups -OCH3 is 1. The van der Waals surface area contributed by atoms with Gasteiger partial charge in [0.15, 0.2) is 0 Å². The van der Waals surface area contributed by atoms with E-state index in [0.29, 0.717) is 34.7 Å². The van der Waals surface area contributed by atoms with Crippen molar-refractivity contribution in [3.05, 3.63) is 59.8 Å². The van der Waals surface area contributed by atoms with Crippen LogP contribution in [0.4, 0.5) is 10.3 Å². The topological polar surface area (TPSA) is 98.7 Å². The summed E-state index contributed by atoms with van der Waals surface area (Å²) in [5.41, 5.74) is 3.63. The Balaban J connectivity index is 1.25. The van der Waals surface area contributed by atoms with Crippen molar-refractivity contribution in [2.24, 2.45) is 10.9 Å². The predicted molar refractivity (Wildman–Crippen MR) is 147 cm³/mol. The van der Waals surface area contributed by atoms with Gasteiger partial charge in [0.2, 0.25) is 17.7 Å². The van der Waals surface area contributed by atoms with Crippen LogP contribution in [0.25, 0.3) is 22.2 Å². The molecule has 9 nitrogen and oxygen atoms in total. The van der Waals surface area contributed by atoms with Crippen LogP contribution in [-0.4, -0.2) is 77.2 Å². The quantitative estimate of drug-likeness (QED) is 0.326. The summed E-state index contributed by atoms with van der Waals surface area (Å²) in [6, 6.07) is 7.04. The summed E-state index contributed by atoms with van der Waals surface area (Å²) >= 11 is 0. The van der Waals surface area contributed by atoms with E-state index < -0.39 is 5.82 Å². The fourth-order valence-electron chi connectivity index (χ4n) is 4.60. The second kappa shape index (κ2) is 11.1. The van der Waals surface area contributed by atoms with Crippen LogP contribution in [-0.2, 0) is 4.79 Å². The van der Waals surface area contributed by atoms with Crippen molar-refractivity contribution in [3.8, 4) is 17.0 Å². The number of fused-ring (bicyclic) bond motifs is 1. The lowest BCUT2D eigenvalue weighted by atomic mass is 10.1. The Morgan fingerprint density at radius 1 is 1.29 bits per heavy atom. The summed E-state index contributed by atoms with van der Waals surface area (Å²) < 4.78 is 19.6. The molecule has 10 heteroatoms. The summed E-state index contributed by atoms with van der Waals surface area (Å²) in [5, 5.41) is 3.20. The number of rotatable bonds is 9. The molecular formula is C28H32FN7O2. The Hall–Kier alpha value is -4.05. The first-order valence-electron chi connectivity index (χ1n) is 12.8. The second-order valence-electron chi connectivity index (χ2n) is 9.58. The van der Waals surface area contributed by atoms with Gasteiger partial charge >= 0.3 is 0 Å². The average molecular weight is 518 g/mol. The molecule has 3 aromatic rings. The van der Waals surface area contributed by atoms with Crippen LogP contribution in [0.3, 0.4) is 0 Å². The van der Waals surface area contributed by atoms with Gasteiger partial charge in [0, 0.05) is 50.3 Å². The minimum absolute atomic E-state index is 0.271. The van der Waals surface area contributed by atoms with Gasteiger partial charge in [0.05, 0.1) is 24.3 Å². The lowest BCUT2D eigenvalue weighted by Crippen LogP contribution is -2.49. The number of hydrogen-bond acceptors (Lipinski definition) is 7. The molecule has 0 atom stereocenters. The molecule has 0 spiro atoms. The highest BCUT2D eigenvalue weighted by atomic mass is 19.1. The van der Waals surface area contributed by atoms with E-state index in [9.17, 15) is 9.18 Å². The predicted octanol–water partition coefficient (Wildman–Crippen LogP) is 4.23. The third-order valence-electron chi connectivity index (χ3n) is 6.96. The number of allylic oxidation sites excluding steroid dienone is 1. The molecule has 2 aromatic heterocycles. The van der Waals surface area contributed by atoms with Crippen molar-refractivity contribution in [1.29, 1.82) is 0 Å². The third-order valence-corrected chi connectivity index (χ3v) is 6.96. The maximum absolute atomic E-state index is 14.4. The fraction of sp³-hybridized carbons (Fsp3) is 0.357. The van der Waals surface area contributed by atoms with Crippen molar-refractivity contribution in [3.63, 3.8) is 0 Å². The molecule has 2 aliphatic rings. The number of nitrogens with zero attached hydrogens (tertiary/aromatic N) is 5. The van der Waals surface area contributed by atoms with Crippen LogP contribution in [0, 0.1) is 11.7 Å². The number of imidazole rings is 1. The maximum atomic E-state index is 14.4. The number of piperazine rings is 1. The Labute approximate surface area is 221 Å². The number of aliphatic imine (C=N–C) groups is 1. The first-order chi connectivity index (χ1) is 18.5. The highest BCUT2D eigenvalue weighted by Gasteiger charge is 2.34. The number of pyridine rings is 1.